The van der Waals surface area contributed by atoms with Gasteiger partial charge in [0.05, 0.1) is 12.2 Å². The van der Waals surface area contributed by atoms with E-state index in [2.05, 4.69) is 30.0 Å². The van der Waals surface area contributed by atoms with Gasteiger partial charge in [0.15, 0.2) is 5.96 Å². The molecule has 0 spiro atoms. The average Bonchev–Trinajstić information content (AvgIpc) is 3.36. The van der Waals surface area contributed by atoms with Gasteiger partial charge in [0, 0.05) is 33.2 Å². The summed E-state index contributed by atoms with van der Waals surface area (Å²) in [5.74, 6) is 4.42. The molecule has 31 heavy (non-hydrogen) atoms. The lowest BCUT2D eigenvalue weighted by Crippen LogP contribution is -2.44. The number of oxazole rings is 1. The van der Waals surface area contributed by atoms with E-state index in [0.29, 0.717) is 5.92 Å². The van der Waals surface area contributed by atoms with Gasteiger partial charge in [-0.1, -0.05) is 6.42 Å². The van der Waals surface area contributed by atoms with Crippen molar-refractivity contribution in [2.24, 2.45) is 16.8 Å². The molecule has 3 aliphatic heterocycles. The van der Waals surface area contributed by atoms with Gasteiger partial charge in [0.25, 0.3) is 0 Å². The number of aromatic nitrogens is 1. The molecule has 1 atom stereocenters. The maximum Gasteiger partial charge on any atom is 0.208 e. The van der Waals surface area contributed by atoms with Crippen molar-refractivity contribution in [3.63, 3.8) is 0 Å². The highest BCUT2D eigenvalue weighted by Crippen LogP contribution is 2.21. The molecule has 1 N–H and O–H groups in total. The second-order valence-corrected chi connectivity index (χ2v) is 9.86. The van der Waals surface area contributed by atoms with Crippen LogP contribution >= 0.6 is 0 Å². The highest BCUT2D eigenvalue weighted by Gasteiger charge is 2.28. The van der Waals surface area contributed by atoms with Gasteiger partial charge in [-0.3, -0.25) is 9.89 Å². The summed E-state index contributed by atoms with van der Waals surface area (Å²) in [6.45, 7) is 14.3. The number of aliphatic imine (C=N–C) groups is 1. The number of aryl methyl sites for hydroxylation is 2. The third-order valence-corrected chi connectivity index (χ3v) is 7.45. The molecule has 3 saturated heterocycles. The molecule has 1 aromatic heterocycles. The fourth-order valence-corrected chi connectivity index (χ4v) is 5.40. The minimum Gasteiger partial charge on any atom is -0.444 e. The van der Waals surface area contributed by atoms with Crippen LogP contribution in [0.1, 0.15) is 55.9 Å². The van der Waals surface area contributed by atoms with E-state index in [1.807, 2.05) is 20.9 Å². The third-order valence-electron chi connectivity index (χ3n) is 7.45. The highest BCUT2D eigenvalue weighted by molar-refractivity contribution is 5.80. The lowest BCUT2D eigenvalue weighted by atomic mass is 9.97. The van der Waals surface area contributed by atoms with E-state index in [9.17, 15) is 0 Å². The fourth-order valence-electron chi connectivity index (χ4n) is 5.40. The van der Waals surface area contributed by atoms with Crippen LogP contribution in [0.25, 0.3) is 0 Å². The largest absolute Gasteiger partial charge is 0.444 e. The molecular formula is C24H42N6O. The molecule has 0 bridgehead atoms. The maximum absolute atomic E-state index is 5.76. The SMILES string of the molecule is CN=C(NCC1CCN(Cc2nc(C)c(C)o2)CC1)N1CCC(CN2CCCCC2)C1. The van der Waals surface area contributed by atoms with E-state index in [1.165, 1.54) is 58.2 Å². The summed E-state index contributed by atoms with van der Waals surface area (Å²) in [6, 6.07) is 0. The van der Waals surface area contributed by atoms with E-state index in [4.69, 9.17) is 4.42 Å². The average molecular weight is 431 g/mol. The van der Waals surface area contributed by atoms with Crippen molar-refractivity contribution in [1.29, 1.82) is 0 Å². The second kappa shape index (κ2) is 10.8. The van der Waals surface area contributed by atoms with Crippen LogP contribution in [-0.2, 0) is 6.54 Å². The van der Waals surface area contributed by atoms with Gasteiger partial charge in [-0.25, -0.2) is 4.98 Å². The molecule has 7 nitrogen and oxygen atoms in total. The highest BCUT2D eigenvalue weighted by atomic mass is 16.4. The van der Waals surface area contributed by atoms with Crippen LogP contribution in [0, 0.1) is 25.7 Å². The van der Waals surface area contributed by atoms with E-state index < -0.39 is 0 Å². The lowest BCUT2D eigenvalue weighted by molar-refractivity contribution is 0.163. The van der Waals surface area contributed by atoms with Crippen molar-refractivity contribution < 1.29 is 4.42 Å². The third kappa shape index (κ3) is 6.22. The molecule has 0 radical (unpaired) electrons. The van der Waals surface area contributed by atoms with Crippen molar-refractivity contribution in [3.8, 4) is 0 Å². The Bertz CT molecular complexity index is 698. The van der Waals surface area contributed by atoms with Crippen LogP contribution in [0.15, 0.2) is 9.41 Å². The summed E-state index contributed by atoms with van der Waals surface area (Å²) in [7, 11) is 1.93. The van der Waals surface area contributed by atoms with Gasteiger partial charge < -0.3 is 19.5 Å². The van der Waals surface area contributed by atoms with Gasteiger partial charge in [-0.2, -0.15) is 0 Å². The number of guanidine groups is 1. The molecule has 0 aliphatic carbocycles. The second-order valence-electron chi connectivity index (χ2n) is 9.86. The number of likely N-dealkylation sites (tertiary alicyclic amines) is 3. The number of nitrogens with one attached hydrogen (secondary N) is 1. The van der Waals surface area contributed by atoms with Gasteiger partial charge in [0.1, 0.15) is 5.76 Å². The Morgan fingerprint density at radius 3 is 2.42 bits per heavy atom. The van der Waals surface area contributed by atoms with Crippen LogP contribution in [0.4, 0.5) is 0 Å². The zero-order chi connectivity index (χ0) is 21.6. The molecule has 0 amide bonds. The van der Waals surface area contributed by atoms with Crippen molar-refractivity contribution >= 4 is 5.96 Å². The number of rotatable bonds is 6. The van der Waals surface area contributed by atoms with Crippen LogP contribution < -0.4 is 5.32 Å². The normalized spacial score (nSPS) is 24.8. The number of nitrogens with zero attached hydrogens (tertiary/aromatic N) is 5. The Morgan fingerprint density at radius 2 is 1.74 bits per heavy atom. The molecule has 1 unspecified atom stereocenters. The van der Waals surface area contributed by atoms with Gasteiger partial charge in [-0.05, 0) is 84.0 Å². The van der Waals surface area contributed by atoms with Crippen molar-refractivity contribution in [2.45, 2.75) is 58.9 Å². The summed E-state index contributed by atoms with van der Waals surface area (Å²) in [5.41, 5.74) is 1.01. The molecular weight excluding hydrogens is 388 g/mol. The van der Waals surface area contributed by atoms with Crippen molar-refractivity contribution in [2.75, 3.05) is 59.4 Å². The minimum absolute atomic E-state index is 0.716. The van der Waals surface area contributed by atoms with E-state index in [0.717, 1.165) is 68.5 Å². The van der Waals surface area contributed by atoms with E-state index in [-0.39, 0.29) is 0 Å². The molecule has 0 saturated carbocycles. The van der Waals surface area contributed by atoms with Crippen LogP contribution in [0.3, 0.4) is 0 Å². The zero-order valence-corrected chi connectivity index (χ0v) is 19.9. The standard InChI is InChI=1S/C24H42N6O/c1-19-20(2)31-23(27-19)18-29-12-7-21(8-13-29)15-26-24(25-3)30-14-9-22(17-30)16-28-10-5-4-6-11-28/h21-22H,4-18H2,1-3H3,(H,25,26). The molecule has 4 heterocycles. The molecule has 4 rings (SSSR count). The predicted molar refractivity (Wildman–Crippen MR) is 125 cm³/mol. The van der Waals surface area contributed by atoms with Crippen molar-refractivity contribution in [3.05, 3.63) is 17.3 Å². The first-order valence-corrected chi connectivity index (χ1v) is 12.4. The first-order valence-electron chi connectivity index (χ1n) is 12.4. The van der Waals surface area contributed by atoms with E-state index in [1.54, 1.807) is 0 Å². The van der Waals surface area contributed by atoms with Crippen LogP contribution in [0.2, 0.25) is 0 Å². The molecule has 1 aromatic rings. The summed E-state index contributed by atoms with van der Waals surface area (Å²) < 4.78 is 5.76. The topological polar surface area (TPSA) is 60.1 Å². The van der Waals surface area contributed by atoms with Gasteiger partial charge in [-0.15, -0.1) is 0 Å². The summed E-state index contributed by atoms with van der Waals surface area (Å²) in [6.07, 6.45) is 7.93. The summed E-state index contributed by atoms with van der Waals surface area (Å²) >= 11 is 0. The minimum atomic E-state index is 0.716. The Hall–Kier alpha value is -1.60. The quantitative estimate of drug-likeness (QED) is 0.553. The number of piperidine rings is 2. The molecule has 7 heteroatoms. The van der Waals surface area contributed by atoms with Crippen LogP contribution in [0.5, 0.6) is 0 Å². The lowest BCUT2D eigenvalue weighted by Gasteiger charge is -2.32. The molecule has 3 fully saturated rings. The smallest absolute Gasteiger partial charge is 0.208 e. The molecule has 3 aliphatic rings. The Balaban J connectivity index is 1.16. The zero-order valence-electron chi connectivity index (χ0n) is 19.9. The number of hydrogen-bond acceptors (Lipinski definition) is 5. The Morgan fingerprint density at radius 1 is 1.00 bits per heavy atom. The summed E-state index contributed by atoms with van der Waals surface area (Å²) in [5, 5.41) is 3.69. The van der Waals surface area contributed by atoms with E-state index >= 15 is 0 Å². The Labute approximate surface area is 188 Å². The van der Waals surface area contributed by atoms with Crippen LogP contribution in [-0.4, -0.2) is 85.0 Å². The maximum atomic E-state index is 5.76. The fraction of sp³-hybridized carbons (Fsp3) is 0.833. The molecule has 0 aromatic carbocycles. The first-order chi connectivity index (χ1) is 15.1. The number of hydrogen-bond donors (Lipinski definition) is 1. The molecule has 174 valence electrons. The Kier molecular flexibility index (Phi) is 7.88. The predicted octanol–water partition coefficient (Wildman–Crippen LogP) is 2.89. The monoisotopic (exact) mass is 430 g/mol. The first kappa shape index (κ1) is 22.6. The summed E-state index contributed by atoms with van der Waals surface area (Å²) in [4.78, 5) is 16.8. The van der Waals surface area contributed by atoms with Crippen molar-refractivity contribution in [1.82, 2.24) is 25.0 Å². The van der Waals surface area contributed by atoms with Gasteiger partial charge >= 0.3 is 0 Å². The van der Waals surface area contributed by atoms with Gasteiger partial charge in [0.2, 0.25) is 5.89 Å².